The van der Waals surface area contributed by atoms with Crippen LogP contribution in [0, 0.1) is 20.8 Å². The summed E-state index contributed by atoms with van der Waals surface area (Å²) in [7, 11) is 0. The lowest BCUT2D eigenvalue weighted by atomic mass is 9.93. The number of aryl methyl sites for hydroxylation is 3. The van der Waals surface area contributed by atoms with Gasteiger partial charge in [0, 0.05) is 29.7 Å². The van der Waals surface area contributed by atoms with Crippen LogP contribution < -0.4 is 15.0 Å². The van der Waals surface area contributed by atoms with Gasteiger partial charge in [-0.2, -0.15) is 0 Å². The molecule has 0 aromatic heterocycles. The summed E-state index contributed by atoms with van der Waals surface area (Å²) in [4.78, 5) is 44.0. The molecular weight excluding hydrogens is 570 g/mol. The van der Waals surface area contributed by atoms with Crippen molar-refractivity contribution in [1.29, 1.82) is 0 Å². The van der Waals surface area contributed by atoms with Crippen molar-refractivity contribution in [2.24, 2.45) is 0 Å². The molecule has 0 spiro atoms. The Bertz CT molecular complexity index is 1440. The second kappa shape index (κ2) is 11.8. The highest BCUT2D eigenvalue weighted by molar-refractivity contribution is 9.10. The Morgan fingerprint density at radius 2 is 1.73 bits per heavy atom. The molecule has 2 unspecified atom stereocenters. The van der Waals surface area contributed by atoms with Gasteiger partial charge in [0.15, 0.2) is 6.61 Å². The van der Waals surface area contributed by atoms with Crippen LogP contribution in [0.15, 0.2) is 65.1 Å². The number of anilines is 1. The predicted molar refractivity (Wildman–Crippen MR) is 158 cm³/mol. The number of amides is 3. The van der Waals surface area contributed by atoms with Crippen LogP contribution in [-0.2, 0) is 27.3 Å². The van der Waals surface area contributed by atoms with Crippen molar-refractivity contribution in [2.45, 2.75) is 58.7 Å². The first-order chi connectivity index (χ1) is 19.2. The lowest BCUT2D eigenvalue weighted by Crippen LogP contribution is -2.59. The van der Waals surface area contributed by atoms with Crippen molar-refractivity contribution >= 4 is 39.3 Å². The molecule has 1 N–H and O–H groups in total. The summed E-state index contributed by atoms with van der Waals surface area (Å²) in [5.74, 6) is -0.0916. The molecule has 40 heavy (non-hydrogen) atoms. The number of nitrogens with zero attached hydrogens (tertiary/aromatic N) is 2. The van der Waals surface area contributed by atoms with Gasteiger partial charge < -0.3 is 19.9 Å². The zero-order valence-corrected chi connectivity index (χ0v) is 24.7. The number of hydrogen-bond acceptors (Lipinski definition) is 4. The van der Waals surface area contributed by atoms with E-state index in [0.29, 0.717) is 31.7 Å². The second-order valence-electron chi connectivity index (χ2n) is 10.7. The molecule has 0 bridgehead atoms. The van der Waals surface area contributed by atoms with Gasteiger partial charge in [0.2, 0.25) is 11.8 Å². The monoisotopic (exact) mass is 603 g/mol. The summed E-state index contributed by atoms with van der Waals surface area (Å²) in [5.41, 5.74) is 6.00. The molecule has 3 amide bonds. The van der Waals surface area contributed by atoms with Gasteiger partial charge in [-0.15, -0.1) is 0 Å². The average Bonchev–Trinajstić information content (AvgIpc) is 2.93. The number of ether oxygens (including phenoxy) is 1. The highest BCUT2D eigenvalue weighted by atomic mass is 79.9. The van der Waals surface area contributed by atoms with Crippen LogP contribution in [0.4, 0.5) is 5.69 Å². The minimum atomic E-state index is -0.733. The van der Waals surface area contributed by atoms with E-state index in [1.807, 2.05) is 81.4 Å². The Kier molecular flexibility index (Phi) is 8.26. The summed E-state index contributed by atoms with van der Waals surface area (Å²) < 4.78 is 6.84. The van der Waals surface area contributed by atoms with E-state index in [1.54, 1.807) is 9.80 Å². The fourth-order valence-corrected chi connectivity index (χ4v) is 5.84. The third-order valence-corrected chi connectivity index (χ3v) is 8.53. The molecule has 1 saturated heterocycles. The van der Waals surface area contributed by atoms with Crippen molar-refractivity contribution in [3.8, 4) is 5.75 Å². The molecule has 2 aliphatic heterocycles. The lowest BCUT2D eigenvalue weighted by Gasteiger charge is -2.38. The van der Waals surface area contributed by atoms with Crippen molar-refractivity contribution in [3.05, 3.63) is 93.0 Å². The molecule has 2 heterocycles. The molecule has 3 aromatic rings. The van der Waals surface area contributed by atoms with E-state index in [2.05, 4.69) is 21.2 Å². The van der Waals surface area contributed by atoms with Crippen molar-refractivity contribution in [3.63, 3.8) is 0 Å². The Labute approximate surface area is 243 Å². The number of carbonyl (C=O) groups excluding carboxylic acids is 3. The fraction of sp³-hybridized carbons (Fsp3) is 0.344. The number of rotatable bonds is 6. The number of nitrogens with one attached hydrogen (secondary N) is 1. The maximum absolute atomic E-state index is 13.7. The molecule has 8 heteroatoms. The van der Waals surface area contributed by atoms with Gasteiger partial charge in [0.1, 0.15) is 17.8 Å². The molecule has 0 radical (unpaired) electrons. The average molecular weight is 605 g/mol. The largest absolute Gasteiger partial charge is 0.484 e. The van der Waals surface area contributed by atoms with Crippen LogP contribution in [0.2, 0.25) is 0 Å². The number of benzene rings is 3. The number of piperidine rings is 1. The first-order valence-corrected chi connectivity index (χ1v) is 14.4. The third-order valence-electron chi connectivity index (χ3n) is 7.64. The number of halogens is 1. The minimum absolute atomic E-state index is 0.131. The highest BCUT2D eigenvalue weighted by Crippen LogP contribution is 2.28. The van der Waals surface area contributed by atoms with Crippen molar-refractivity contribution in [2.75, 3.05) is 18.1 Å². The van der Waals surface area contributed by atoms with E-state index < -0.39 is 12.1 Å². The van der Waals surface area contributed by atoms with Gasteiger partial charge in [-0.05, 0) is 91.8 Å². The third kappa shape index (κ3) is 6.07. The zero-order valence-electron chi connectivity index (χ0n) is 23.1. The molecule has 7 nitrogen and oxygen atoms in total. The second-order valence-corrected chi connectivity index (χ2v) is 11.6. The molecule has 5 rings (SSSR count). The number of fused-ring (bicyclic) bond motifs is 1. The van der Waals surface area contributed by atoms with E-state index >= 15 is 0 Å². The van der Waals surface area contributed by atoms with E-state index in [-0.39, 0.29) is 24.3 Å². The summed E-state index contributed by atoms with van der Waals surface area (Å²) >= 11 is 3.51. The van der Waals surface area contributed by atoms with Crippen LogP contribution in [0.1, 0.15) is 40.7 Å². The van der Waals surface area contributed by atoms with Crippen LogP contribution in [0.3, 0.4) is 0 Å². The summed E-state index contributed by atoms with van der Waals surface area (Å²) in [6.45, 7) is 6.69. The van der Waals surface area contributed by atoms with Gasteiger partial charge in [0.05, 0.1) is 0 Å². The van der Waals surface area contributed by atoms with E-state index in [9.17, 15) is 14.4 Å². The Balaban J connectivity index is 1.32. The maximum Gasteiger partial charge on any atom is 0.261 e. The molecule has 2 aliphatic rings. The smallest absolute Gasteiger partial charge is 0.261 e. The van der Waals surface area contributed by atoms with E-state index in [1.165, 1.54) is 0 Å². The zero-order chi connectivity index (χ0) is 28.4. The van der Waals surface area contributed by atoms with Crippen LogP contribution >= 0.6 is 15.9 Å². The molecule has 1 fully saturated rings. The van der Waals surface area contributed by atoms with Gasteiger partial charge in [-0.1, -0.05) is 46.3 Å². The number of hydrogen-bond donors (Lipinski definition) is 1. The quantitative estimate of drug-likeness (QED) is 0.429. The maximum atomic E-state index is 13.7. The Morgan fingerprint density at radius 1 is 1.00 bits per heavy atom. The normalized spacial score (nSPS) is 18.8. The molecule has 0 aliphatic carbocycles. The van der Waals surface area contributed by atoms with Gasteiger partial charge in [0.25, 0.3) is 5.91 Å². The van der Waals surface area contributed by atoms with Crippen molar-refractivity contribution < 1.29 is 19.1 Å². The number of carbonyl (C=O) groups is 3. The molecule has 3 aromatic carbocycles. The fourth-order valence-electron chi connectivity index (χ4n) is 5.59. The highest BCUT2D eigenvalue weighted by Gasteiger charge is 2.38. The molecule has 2 atom stereocenters. The van der Waals surface area contributed by atoms with Gasteiger partial charge >= 0.3 is 0 Å². The van der Waals surface area contributed by atoms with Gasteiger partial charge in [-0.25, -0.2) is 0 Å². The van der Waals surface area contributed by atoms with E-state index in [0.717, 1.165) is 44.4 Å². The predicted octanol–water partition coefficient (Wildman–Crippen LogP) is 5.02. The summed E-state index contributed by atoms with van der Waals surface area (Å²) in [6.07, 6.45) is 1.71. The SMILES string of the molecule is Cc1cc(C)cc(OCC(=O)N2Cc3ccccc3CC2C(=O)NC2CCCN(c3ccc(Br)c(C)c3)C2=O)c1. The van der Waals surface area contributed by atoms with Crippen LogP contribution in [0.5, 0.6) is 5.75 Å². The first-order valence-electron chi connectivity index (χ1n) is 13.6. The van der Waals surface area contributed by atoms with Crippen molar-refractivity contribution in [1.82, 2.24) is 10.2 Å². The minimum Gasteiger partial charge on any atom is -0.484 e. The van der Waals surface area contributed by atoms with Gasteiger partial charge in [-0.3, -0.25) is 14.4 Å². The molecule has 208 valence electrons. The standard InChI is InChI=1S/C32H34BrN3O4/c1-20-13-21(2)15-26(14-20)40-19-30(37)36-18-24-8-5-4-7-23(24)17-29(36)31(38)34-28-9-6-12-35(32(28)39)25-10-11-27(33)22(3)16-25/h4-5,7-8,10-11,13-16,28-29H,6,9,12,17-19H2,1-3H3,(H,34,38). The Morgan fingerprint density at radius 3 is 2.45 bits per heavy atom. The topological polar surface area (TPSA) is 79.0 Å². The van der Waals surface area contributed by atoms with E-state index in [4.69, 9.17) is 4.74 Å². The van der Waals surface area contributed by atoms with Crippen LogP contribution in [0.25, 0.3) is 0 Å². The molecular formula is C32H34BrN3O4. The van der Waals surface area contributed by atoms with Crippen LogP contribution in [-0.4, -0.2) is 47.9 Å². The summed E-state index contributed by atoms with van der Waals surface area (Å²) in [6, 6.07) is 18.1. The Hall–Kier alpha value is -3.65. The molecule has 0 saturated carbocycles. The lowest BCUT2D eigenvalue weighted by molar-refractivity contribution is -0.144. The summed E-state index contributed by atoms with van der Waals surface area (Å²) in [5, 5.41) is 2.99. The first kappa shape index (κ1) is 27.9.